The molecule has 1 aliphatic carbocycles. The number of nitrogens with zero attached hydrogens (tertiary/aromatic N) is 2. The molecule has 5 heteroatoms. The fourth-order valence-electron chi connectivity index (χ4n) is 3.01. The van der Waals surface area contributed by atoms with Crippen LogP contribution in [-0.4, -0.2) is 48.6 Å². The zero-order valence-electron chi connectivity index (χ0n) is 12.5. The summed E-state index contributed by atoms with van der Waals surface area (Å²) in [6.45, 7) is 2.96. The Morgan fingerprint density at radius 3 is 3.00 bits per heavy atom. The fourth-order valence-corrected chi connectivity index (χ4v) is 3.01. The van der Waals surface area contributed by atoms with E-state index in [0.29, 0.717) is 23.4 Å². The molecule has 5 nitrogen and oxygen atoms in total. The van der Waals surface area contributed by atoms with Gasteiger partial charge in [0.25, 0.3) is 5.91 Å². The van der Waals surface area contributed by atoms with Crippen molar-refractivity contribution >= 4 is 5.91 Å². The molecule has 0 spiro atoms. The van der Waals surface area contributed by atoms with Gasteiger partial charge in [-0.2, -0.15) is 0 Å². The maximum absolute atomic E-state index is 12.9. The molecular weight excluding hydrogens is 266 g/mol. The zero-order chi connectivity index (χ0) is 14.7. The van der Waals surface area contributed by atoms with E-state index in [1.165, 1.54) is 12.8 Å². The molecular formula is C16H23N3O2. The van der Waals surface area contributed by atoms with Gasteiger partial charge in [0.1, 0.15) is 5.56 Å². The topological polar surface area (TPSA) is 54.5 Å². The number of methoxy groups -OCH3 is 1. The summed E-state index contributed by atoms with van der Waals surface area (Å²) in [5, 5.41) is 3.43. The number of pyridine rings is 1. The van der Waals surface area contributed by atoms with Crippen LogP contribution in [0.1, 0.15) is 36.0 Å². The van der Waals surface area contributed by atoms with Gasteiger partial charge in [-0.1, -0.05) is 0 Å². The van der Waals surface area contributed by atoms with E-state index in [1.54, 1.807) is 19.4 Å². The standard InChI is InChI=1S/C16H23N3O2/c1-21-15-14(5-3-9-18-15)16(20)19(13-6-7-13)11-12-4-2-8-17-10-12/h3,5,9,12-13,17H,2,4,6-8,10-11H2,1H3. The molecule has 0 aromatic carbocycles. The van der Waals surface area contributed by atoms with Gasteiger partial charge in [0, 0.05) is 18.8 Å². The summed E-state index contributed by atoms with van der Waals surface area (Å²) in [5.74, 6) is 1.05. The Morgan fingerprint density at radius 1 is 1.48 bits per heavy atom. The summed E-state index contributed by atoms with van der Waals surface area (Å²) >= 11 is 0. The van der Waals surface area contributed by atoms with Gasteiger partial charge in [0.15, 0.2) is 0 Å². The lowest BCUT2D eigenvalue weighted by Gasteiger charge is -2.30. The number of ether oxygens (including phenoxy) is 1. The number of amides is 1. The molecule has 0 radical (unpaired) electrons. The van der Waals surface area contributed by atoms with E-state index in [1.807, 2.05) is 11.0 Å². The number of aromatic nitrogens is 1. The van der Waals surface area contributed by atoms with Crippen molar-refractivity contribution in [2.24, 2.45) is 5.92 Å². The van der Waals surface area contributed by atoms with Crippen LogP contribution in [0, 0.1) is 5.92 Å². The molecule has 21 heavy (non-hydrogen) atoms. The number of nitrogens with one attached hydrogen (secondary N) is 1. The second-order valence-electron chi connectivity index (χ2n) is 5.96. The monoisotopic (exact) mass is 289 g/mol. The molecule has 1 aromatic heterocycles. The van der Waals surface area contributed by atoms with E-state index in [0.717, 1.165) is 32.5 Å². The Balaban J connectivity index is 1.75. The Labute approximate surface area is 125 Å². The van der Waals surface area contributed by atoms with Gasteiger partial charge < -0.3 is 15.0 Å². The first-order chi connectivity index (χ1) is 10.3. The van der Waals surface area contributed by atoms with E-state index < -0.39 is 0 Å². The van der Waals surface area contributed by atoms with Crippen LogP contribution in [0.15, 0.2) is 18.3 Å². The third-order valence-corrected chi connectivity index (χ3v) is 4.30. The summed E-state index contributed by atoms with van der Waals surface area (Å²) in [7, 11) is 1.56. The van der Waals surface area contributed by atoms with Crippen LogP contribution in [0.5, 0.6) is 5.88 Å². The fraction of sp³-hybridized carbons (Fsp3) is 0.625. The number of rotatable bonds is 5. The SMILES string of the molecule is COc1ncccc1C(=O)N(CC1CCCNC1)C1CC1. The summed E-state index contributed by atoms with van der Waals surface area (Å²) in [4.78, 5) is 19.0. The Morgan fingerprint density at radius 2 is 2.33 bits per heavy atom. The number of hydrogen-bond donors (Lipinski definition) is 1. The quantitative estimate of drug-likeness (QED) is 0.896. The average Bonchev–Trinajstić information content (AvgIpc) is 3.37. The third kappa shape index (κ3) is 3.35. The van der Waals surface area contributed by atoms with Crippen molar-refractivity contribution in [3.8, 4) is 5.88 Å². The molecule has 2 heterocycles. The minimum absolute atomic E-state index is 0.0630. The predicted molar refractivity (Wildman–Crippen MR) is 80.4 cm³/mol. The largest absolute Gasteiger partial charge is 0.480 e. The summed E-state index contributed by atoms with van der Waals surface area (Å²) in [6.07, 6.45) is 6.30. The molecule has 3 rings (SSSR count). The zero-order valence-corrected chi connectivity index (χ0v) is 12.5. The highest BCUT2D eigenvalue weighted by molar-refractivity contribution is 5.96. The van der Waals surface area contributed by atoms with Gasteiger partial charge in [-0.3, -0.25) is 4.79 Å². The van der Waals surface area contributed by atoms with Crippen LogP contribution in [-0.2, 0) is 0 Å². The Kier molecular flexibility index (Phi) is 4.39. The van der Waals surface area contributed by atoms with E-state index in [2.05, 4.69) is 10.3 Å². The van der Waals surface area contributed by atoms with Crippen molar-refractivity contribution < 1.29 is 9.53 Å². The average molecular weight is 289 g/mol. The van der Waals surface area contributed by atoms with Crippen molar-refractivity contribution in [1.29, 1.82) is 0 Å². The molecule has 1 unspecified atom stereocenters. The van der Waals surface area contributed by atoms with Crippen molar-refractivity contribution in [3.05, 3.63) is 23.9 Å². The first-order valence-electron chi connectivity index (χ1n) is 7.80. The highest BCUT2D eigenvalue weighted by Crippen LogP contribution is 2.31. The predicted octanol–water partition coefficient (Wildman–Crippen LogP) is 1.69. The molecule has 2 fully saturated rings. The second kappa shape index (κ2) is 6.43. The smallest absolute Gasteiger partial charge is 0.259 e. The van der Waals surface area contributed by atoms with Crippen molar-refractivity contribution in [3.63, 3.8) is 0 Å². The summed E-state index contributed by atoms with van der Waals surface area (Å²) in [6, 6.07) is 4.01. The lowest BCUT2D eigenvalue weighted by Crippen LogP contribution is -2.42. The van der Waals surface area contributed by atoms with Gasteiger partial charge in [-0.15, -0.1) is 0 Å². The van der Waals surface area contributed by atoms with Gasteiger partial charge in [0.2, 0.25) is 5.88 Å². The van der Waals surface area contributed by atoms with Crippen molar-refractivity contribution in [1.82, 2.24) is 15.2 Å². The Hall–Kier alpha value is -1.62. The maximum atomic E-state index is 12.9. The number of carbonyl (C=O) groups is 1. The van der Waals surface area contributed by atoms with Crippen LogP contribution in [0.25, 0.3) is 0 Å². The van der Waals surface area contributed by atoms with Crippen LogP contribution >= 0.6 is 0 Å². The summed E-state index contributed by atoms with van der Waals surface area (Å²) in [5.41, 5.74) is 0.579. The lowest BCUT2D eigenvalue weighted by atomic mass is 9.98. The van der Waals surface area contributed by atoms with Gasteiger partial charge >= 0.3 is 0 Å². The molecule has 1 atom stereocenters. The van der Waals surface area contributed by atoms with Crippen LogP contribution in [0.2, 0.25) is 0 Å². The van der Waals surface area contributed by atoms with Gasteiger partial charge in [-0.05, 0) is 56.8 Å². The molecule has 1 saturated heterocycles. The van der Waals surface area contributed by atoms with Crippen molar-refractivity contribution in [2.75, 3.05) is 26.7 Å². The molecule has 0 bridgehead atoms. The Bertz CT molecular complexity index is 496. The minimum atomic E-state index is 0.0630. The van der Waals surface area contributed by atoms with E-state index in [9.17, 15) is 4.79 Å². The number of carbonyl (C=O) groups excluding carboxylic acids is 1. The van der Waals surface area contributed by atoms with Crippen LogP contribution < -0.4 is 10.1 Å². The highest BCUT2D eigenvalue weighted by Gasteiger charge is 2.35. The highest BCUT2D eigenvalue weighted by atomic mass is 16.5. The van der Waals surface area contributed by atoms with Crippen molar-refractivity contribution in [2.45, 2.75) is 31.7 Å². The second-order valence-corrected chi connectivity index (χ2v) is 5.96. The molecule has 1 N–H and O–H groups in total. The molecule has 1 amide bonds. The van der Waals surface area contributed by atoms with Crippen LogP contribution in [0.4, 0.5) is 0 Å². The first kappa shape index (κ1) is 14.3. The van der Waals surface area contributed by atoms with Gasteiger partial charge in [-0.25, -0.2) is 4.98 Å². The number of hydrogen-bond acceptors (Lipinski definition) is 4. The molecule has 1 aliphatic heterocycles. The minimum Gasteiger partial charge on any atom is -0.480 e. The van der Waals surface area contributed by atoms with Gasteiger partial charge in [0.05, 0.1) is 7.11 Å². The van der Waals surface area contributed by atoms with Crippen LogP contribution in [0.3, 0.4) is 0 Å². The molecule has 2 aliphatic rings. The lowest BCUT2D eigenvalue weighted by molar-refractivity contribution is 0.0700. The maximum Gasteiger partial charge on any atom is 0.259 e. The molecule has 1 saturated carbocycles. The third-order valence-electron chi connectivity index (χ3n) is 4.30. The first-order valence-corrected chi connectivity index (χ1v) is 7.80. The molecule has 1 aromatic rings. The number of piperidine rings is 1. The van der Waals surface area contributed by atoms with E-state index >= 15 is 0 Å². The van der Waals surface area contributed by atoms with E-state index in [4.69, 9.17) is 4.74 Å². The normalized spacial score (nSPS) is 21.9. The van der Waals surface area contributed by atoms with E-state index in [-0.39, 0.29) is 5.91 Å². The summed E-state index contributed by atoms with van der Waals surface area (Å²) < 4.78 is 5.24. The molecule has 114 valence electrons.